The van der Waals surface area contributed by atoms with Gasteiger partial charge in [-0.3, -0.25) is 0 Å². The van der Waals surface area contributed by atoms with Gasteiger partial charge in [-0.25, -0.2) is 14.4 Å². The Hall–Kier alpha value is -2.61. The summed E-state index contributed by atoms with van der Waals surface area (Å²) in [6.07, 6.45) is 3.91. The van der Waals surface area contributed by atoms with Crippen LogP contribution in [0.5, 0.6) is 0 Å². The number of para-hydroxylation sites is 1. The van der Waals surface area contributed by atoms with Crippen LogP contribution in [-0.2, 0) is 4.74 Å². The number of hydrogen-bond donors (Lipinski definition) is 2. The van der Waals surface area contributed by atoms with E-state index in [4.69, 9.17) is 10.5 Å². The van der Waals surface area contributed by atoms with Crippen molar-refractivity contribution < 1.29 is 9.13 Å². The minimum absolute atomic E-state index is 0.187. The second kappa shape index (κ2) is 7.96. The van der Waals surface area contributed by atoms with Gasteiger partial charge >= 0.3 is 0 Å². The third-order valence-electron chi connectivity index (χ3n) is 5.16. The molecule has 0 radical (unpaired) electrons. The normalized spacial score (nSPS) is 20.1. The van der Waals surface area contributed by atoms with Crippen LogP contribution in [0, 0.1) is 5.82 Å². The lowest BCUT2D eigenvalue weighted by Gasteiger charge is -2.37. The molecule has 1 aromatic carbocycles. The van der Waals surface area contributed by atoms with E-state index in [-0.39, 0.29) is 11.9 Å². The molecule has 3 N–H and O–H groups in total. The second-order valence-electron chi connectivity index (χ2n) is 6.90. The number of aromatic nitrogens is 2. The number of nitrogens with zero attached hydrogens (tertiary/aromatic N) is 4. The standard InChI is InChI=1S/C19H25FN6O/c20-15-5-1-2-6-16(15)25-7-9-26(10-8-25)19-17(21)18(23-13-24-19)22-12-14-4-3-11-27-14/h1-2,5-6,13-14H,3-4,7-12,21H2,(H,22,23,24). The molecule has 7 nitrogen and oxygen atoms in total. The first-order chi connectivity index (χ1) is 13.2. The summed E-state index contributed by atoms with van der Waals surface area (Å²) in [5, 5.41) is 3.29. The lowest BCUT2D eigenvalue weighted by atomic mass is 10.2. The van der Waals surface area contributed by atoms with E-state index in [2.05, 4.69) is 25.1 Å². The molecule has 1 atom stereocenters. The largest absolute Gasteiger partial charge is 0.393 e. The van der Waals surface area contributed by atoms with E-state index in [1.165, 1.54) is 12.4 Å². The highest BCUT2D eigenvalue weighted by Crippen LogP contribution is 2.28. The zero-order valence-corrected chi connectivity index (χ0v) is 15.3. The molecule has 2 fully saturated rings. The number of nitrogens with one attached hydrogen (secondary N) is 1. The maximum Gasteiger partial charge on any atom is 0.157 e. The van der Waals surface area contributed by atoms with Crippen LogP contribution in [0.15, 0.2) is 30.6 Å². The van der Waals surface area contributed by atoms with Crippen LogP contribution in [0.25, 0.3) is 0 Å². The Balaban J connectivity index is 1.40. The first kappa shape index (κ1) is 17.8. The fourth-order valence-electron chi connectivity index (χ4n) is 3.66. The second-order valence-corrected chi connectivity index (χ2v) is 6.90. The minimum atomic E-state index is -0.187. The molecule has 0 saturated carbocycles. The Labute approximate surface area is 158 Å². The summed E-state index contributed by atoms with van der Waals surface area (Å²) in [5.74, 6) is 1.19. The lowest BCUT2D eigenvalue weighted by Crippen LogP contribution is -2.47. The number of hydrogen-bond acceptors (Lipinski definition) is 7. The molecule has 2 aliphatic heterocycles. The highest BCUT2D eigenvalue weighted by molar-refractivity contribution is 5.75. The van der Waals surface area contributed by atoms with E-state index in [0.717, 1.165) is 38.4 Å². The summed E-state index contributed by atoms with van der Waals surface area (Å²) < 4.78 is 19.6. The molecule has 0 amide bonds. The summed E-state index contributed by atoms with van der Waals surface area (Å²) in [5.41, 5.74) is 7.52. The van der Waals surface area contributed by atoms with Crippen LogP contribution in [-0.4, -0.2) is 55.4 Å². The van der Waals surface area contributed by atoms with Crippen LogP contribution < -0.4 is 20.9 Å². The quantitative estimate of drug-likeness (QED) is 0.832. The van der Waals surface area contributed by atoms with Gasteiger partial charge in [-0.2, -0.15) is 0 Å². The molecule has 2 saturated heterocycles. The number of benzene rings is 1. The van der Waals surface area contributed by atoms with Crippen LogP contribution >= 0.6 is 0 Å². The fraction of sp³-hybridized carbons (Fsp3) is 0.474. The number of anilines is 4. The van der Waals surface area contributed by atoms with Gasteiger partial charge < -0.3 is 25.6 Å². The number of piperazine rings is 1. The zero-order valence-electron chi connectivity index (χ0n) is 15.3. The Bertz CT molecular complexity index is 775. The van der Waals surface area contributed by atoms with Gasteiger partial charge in [-0.1, -0.05) is 12.1 Å². The number of nitrogen functional groups attached to an aromatic ring is 1. The number of ether oxygens (including phenoxy) is 1. The molecular weight excluding hydrogens is 347 g/mol. The van der Waals surface area contributed by atoms with E-state index in [0.29, 0.717) is 36.8 Å². The van der Waals surface area contributed by atoms with E-state index >= 15 is 0 Å². The van der Waals surface area contributed by atoms with Gasteiger partial charge in [-0.15, -0.1) is 0 Å². The molecule has 2 aliphatic rings. The third kappa shape index (κ3) is 3.90. The van der Waals surface area contributed by atoms with Crippen LogP contribution in [0.1, 0.15) is 12.8 Å². The van der Waals surface area contributed by atoms with Crippen molar-refractivity contribution in [3.8, 4) is 0 Å². The van der Waals surface area contributed by atoms with Gasteiger partial charge in [0.05, 0.1) is 11.8 Å². The number of nitrogens with two attached hydrogens (primary N) is 1. The number of rotatable bonds is 5. The van der Waals surface area contributed by atoms with Gasteiger partial charge in [0.25, 0.3) is 0 Å². The molecule has 8 heteroatoms. The fourth-order valence-corrected chi connectivity index (χ4v) is 3.66. The van der Waals surface area contributed by atoms with Crippen molar-refractivity contribution in [1.82, 2.24) is 9.97 Å². The predicted octanol–water partition coefficient (Wildman–Crippen LogP) is 2.12. The van der Waals surface area contributed by atoms with Gasteiger partial charge in [-0.05, 0) is 25.0 Å². The van der Waals surface area contributed by atoms with Gasteiger partial charge in [0.2, 0.25) is 0 Å². The zero-order chi connectivity index (χ0) is 18.6. The van der Waals surface area contributed by atoms with Crippen molar-refractivity contribution in [2.45, 2.75) is 18.9 Å². The summed E-state index contributed by atoms with van der Waals surface area (Å²) in [4.78, 5) is 12.8. The van der Waals surface area contributed by atoms with Gasteiger partial charge in [0.1, 0.15) is 17.8 Å². The molecular formula is C19H25FN6O. The van der Waals surface area contributed by atoms with Crippen molar-refractivity contribution >= 4 is 23.0 Å². The van der Waals surface area contributed by atoms with Gasteiger partial charge in [0.15, 0.2) is 11.6 Å². The first-order valence-electron chi connectivity index (χ1n) is 9.43. The average Bonchev–Trinajstić information content (AvgIpc) is 3.22. The summed E-state index contributed by atoms with van der Waals surface area (Å²) in [6, 6.07) is 6.88. The summed E-state index contributed by atoms with van der Waals surface area (Å²) in [6.45, 7) is 4.39. The Kier molecular flexibility index (Phi) is 5.24. The van der Waals surface area contributed by atoms with E-state index in [9.17, 15) is 4.39 Å². The van der Waals surface area contributed by atoms with Crippen LogP contribution in [0.3, 0.4) is 0 Å². The topological polar surface area (TPSA) is 79.5 Å². The molecule has 1 aromatic heterocycles. The summed E-state index contributed by atoms with van der Waals surface area (Å²) in [7, 11) is 0. The molecule has 27 heavy (non-hydrogen) atoms. The molecule has 2 aromatic rings. The first-order valence-corrected chi connectivity index (χ1v) is 9.43. The van der Waals surface area contributed by atoms with E-state index in [1.807, 2.05) is 12.1 Å². The Morgan fingerprint density at radius 2 is 1.93 bits per heavy atom. The minimum Gasteiger partial charge on any atom is -0.393 e. The molecule has 0 spiro atoms. The van der Waals surface area contributed by atoms with Crippen molar-refractivity contribution in [3.63, 3.8) is 0 Å². The maximum atomic E-state index is 14.0. The SMILES string of the molecule is Nc1c(NCC2CCCO2)ncnc1N1CCN(c2ccccc2F)CC1. The van der Waals surface area contributed by atoms with E-state index < -0.39 is 0 Å². The smallest absolute Gasteiger partial charge is 0.157 e. The molecule has 0 bridgehead atoms. The Morgan fingerprint density at radius 1 is 1.15 bits per heavy atom. The lowest BCUT2D eigenvalue weighted by molar-refractivity contribution is 0.120. The van der Waals surface area contributed by atoms with Crippen molar-refractivity contribution in [2.75, 3.05) is 60.2 Å². The maximum absolute atomic E-state index is 14.0. The van der Waals surface area contributed by atoms with Crippen LogP contribution in [0.4, 0.5) is 27.4 Å². The van der Waals surface area contributed by atoms with Crippen molar-refractivity contribution in [3.05, 3.63) is 36.4 Å². The van der Waals surface area contributed by atoms with Crippen molar-refractivity contribution in [2.24, 2.45) is 0 Å². The Morgan fingerprint density at radius 3 is 2.67 bits per heavy atom. The molecule has 0 aliphatic carbocycles. The van der Waals surface area contributed by atoms with Crippen molar-refractivity contribution in [1.29, 1.82) is 0 Å². The predicted molar refractivity (Wildman–Crippen MR) is 105 cm³/mol. The molecule has 3 heterocycles. The monoisotopic (exact) mass is 372 g/mol. The molecule has 144 valence electrons. The summed E-state index contributed by atoms with van der Waals surface area (Å²) >= 11 is 0. The molecule has 4 rings (SSSR count). The van der Waals surface area contributed by atoms with Gasteiger partial charge in [0, 0.05) is 39.3 Å². The van der Waals surface area contributed by atoms with Crippen LogP contribution in [0.2, 0.25) is 0 Å². The van der Waals surface area contributed by atoms with E-state index in [1.54, 1.807) is 6.07 Å². The highest BCUT2D eigenvalue weighted by atomic mass is 19.1. The third-order valence-corrected chi connectivity index (χ3v) is 5.16. The molecule has 1 unspecified atom stereocenters. The number of halogens is 1. The highest BCUT2D eigenvalue weighted by Gasteiger charge is 2.23. The average molecular weight is 372 g/mol.